The third-order valence-corrected chi connectivity index (χ3v) is 2.78. The van der Waals surface area contributed by atoms with Crippen molar-refractivity contribution in [3.63, 3.8) is 0 Å². The van der Waals surface area contributed by atoms with Gasteiger partial charge in [-0.25, -0.2) is 4.98 Å². The first-order chi connectivity index (χ1) is 8.75. The number of anilines is 2. The Balaban J connectivity index is 1.73. The van der Waals surface area contributed by atoms with Gasteiger partial charge in [-0.05, 0) is 12.1 Å². The van der Waals surface area contributed by atoms with Crippen LogP contribution in [0.25, 0.3) is 0 Å². The number of aromatic nitrogens is 1. The first kappa shape index (κ1) is 12.6. The van der Waals surface area contributed by atoms with Crippen LogP contribution in [0.2, 0.25) is 0 Å². The number of nitrogens with one attached hydrogen (secondary N) is 1. The van der Waals surface area contributed by atoms with Gasteiger partial charge in [-0.2, -0.15) is 0 Å². The first-order valence-corrected chi connectivity index (χ1v) is 6.07. The molecule has 1 fully saturated rings. The monoisotopic (exact) mass is 250 g/mol. The molecule has 0 atom stereocenters. The predicted octanol–water partition coefficient (Wildman–Crippen LogP) is 0.325. The molecule has 1 aliphatic rings. The molecule has 0 aliphatic carbocycles. The van der Waals surface area contributed by atoms with E-state index in [9.17, 15) is 4.79 Å². The lowest BCUT2D eigenvalue weighted by Crippen LogP contribution is -2.41. The molecule has 6 nitrogen and oxygen atoms in total. The van der Waals surface area contributed by atoms with Crippen LogP contribution < -0.4 is 11.1 Å². The van der Waals surface area contributed by atoms with Crippen LogP contribution in [0, 0.1) is 0 Å². The van der Waals surface area contributed by atoms with E-state index in [4.69, 9.17) is 10.5 Å². The summed E-state index contributed by atoms with van der Waals surface area (Å²) >= 11 is 0. The van der Waals surface area contributed by atoms with Crippen molar-refractivity contribution >= 4 is 17.5 Å². The van der Waals surface area contributed by atoms with E-state index < -0.39 is 0 Å². The third kappa shape index (κ3) is 3.59. The molecule has 1 aliphatic heterocycles. The van der Waals surface area contributed by atoms with Gasteiger partial charge >= 0.3 is 0 Å². The summed E-state index contributed by atoms with van der Waals surface area (Å²) in [6, 6.07) is 5.38. The standard InChI is InChI=1S/C12H18N4O2/c13-10-2-1-3-11(15-10)14-5-4-12(17)16-6-8-18-9-7-16/h1-3H,4-9H2,(H3,13,14,15). The number of pyridine rings is 1. The van der Waals surface area contributed by atoms with Crippen LogP contribution in [-0.4, -0.2) is 48.6 Å². The highest BCUT2D eigenvalue weighted by molar-refractivity contribution is 5.76. The van der Waals surface area contributed by atoms with Crippen LogP contribution in [0.1, 0.15) is 6.42 Å². The number of nitrogens with two attached hydrogens (primary N) is 1. The number of carbonyl (C=O) groups is 1. The van der Waals surface area contributed by atoms with Gasteiger partial charge in [0.2, 0.25) is 5.91 Å². The predicted molar refractivity (Wildman–Crippen MR) is 69.2 cm³/mol. The minimum Gasteiger partial charge on any atom is -0.384 e. The molecule has 2 rings (SSSR count). The van der Waals surface area contributed by atoms with Crippen LogP contribution in [0.5, 0.6) is 0 Å². The average molecular weight is 250 g/mol. The molecule has 98 valence electrons. The fourth-order valence-electron chi connectivity index (χ4n) is 1.82. The number of nitrogens with zero attached hydrogens (tertiary/aromatic N) is 2. The molecule has 0 aromatic carbocycles. The Hall–Kier alpha value is -1.82. The Labute approximate surface area is 106 Å². The van der Waals surface area contributed by atoms with E-state index in [1.54, 1.807) is 6.07 Å². The number of hydrogen-bond acceptors (Lipinski definition) is 5. The molecule has 1 saturated heterocycles. The van der Waals surface area contributed by atoms with Gasteiger partial charge in [-0.15, -0.1) is 0 Å². The Kier molecular flexibility index (Phi) is 4.35. The average Bonchev–Trinajstić information content (AvgIpc) is 2.40. The Morgan fingerprint density at radius 1 is 1.44 bits per heavy atom. The van der Waals surface area contributed by atoms with Crippen molar-refractivity contribution in [1.82, 2.24) is 9.88 Å². The second kappa shape index (κ2) is 6.20. The summed E-state index contributed by atoms with van der Waals surface area (Å²) in [5.74, 6) is 1.32. The van der Waals surface area contributed by atoms with Crippen molar-refractivity contribution in [2.24, 2.45) is 0 Å². The molecule has 0 unspecified atom stereocenters. The van der Waals surface area contributed by atoms with Crippen molar-refractivity contribution in [2.45, 2.75) is 6.42 Å². The smallest absolute Gasteiger partial charge is 0.224 e. The maximum absolute atomic E-state index is 11.8. The van der Waals surface area contributed by atoms with Crippen molar-refractivity contribution in [3.8, 4) is 0 Å². The molecule has 1 aromatic heterocycles. The Morgan fingerprint density at radius 3 is 2.94 bits per heavy atom. The highest BCUT2D eigenvalue weighted by atomic mass is 16.5. The van der Waals surface area contributed by atoms with Crippen molar-refractivity contribution in [2.75, 3.05) is 43.9 Å². The number of amides is 1. The van der Waals surface area contributed by atoms with Crippen LogP contribution in [0.3, 0.4) is 0 Å². The fraction of sp³-hybridized carbons (Fsp3) is 0.500. The Bertz CT molecular complexity index is 405. The van der Waals surface area contributed by atoms with Crippen LogP contribution in [-0.2, 0) is 9.53 Å². The molecule has 1 amide bonds. The molecule has 0 saturated carbocycles. The van der Waals surface area contributed by atoms with Crippen LogP contribution in [0.4, 0.5) is 11.6 Å². The van der Waals surface area contributed by atoms with Gasteiger partial charge in [0.1, 0.15) is 11.6 Å². The number of morpholine rings is 1. The summed E-state index contributed by atoms with van der Waals surface area (Å²) in [5, 5.41) is 3.09. The van der Waals surface area contributed by atoms with Crippen LogP contribution >= 0.6 is 0 Å². The summed E-state index contributed by atoms with van der Waals surface area (Å²) < 4.78 is 5.20. The lowest BCUT2D eigenvalue weighted by atomic mass is 10.3. The zero-order valence-corrected chi connectivity index (χ0v) is 10.3. The van der Waals surface area contributed by atoms with Gasteiger partial charge in [0.25, 0.3) is 0 Å². The molecule has 18 heavy (non-hydrogen) atoms. The van der Waals surface area contributed by atoms with Crippen LogP contribution in [0.15, 0.2) is 18.2 Å². The lowest BCUT2D eigenvalue weighted by Gasteiger charge is -2.26. The summed E-state index contributed by atoms with van der Waals surface area (Å²) in [7, 11) is 0. The molecule has 0 bridgehead atoms. The van der Waals surface area contributed by atoms with E-state index in [0.717, 1.165) is 0 Å². The lowest BCUT2D eigenvalue weighted by molar-refractivity contribution is -0.134. The molecule has 0 radical (unpaired) electrons. The molecule has 1 aromatic rings. The normalized spacial score (nSPS) is 15.4. The SMILES string of the molecule is Nc1cccc(NCCC(=O)N2CCOCC2)n1. The zero-order valence-electron chi connectivity index (χ0n) is 10.3. The van der Waals surface area contributed by atoms with Crippen molar-refractivity contribution in [1.29, 1.82) is 0 Å². The summed E-state index contributed by atoms with van der Waals surface area (Å²) in [6.07, 6.45) is 0.455. The minimum absolute atomic E-state index is 0.148. The second-order valence-electron chi connectivity index (χ2n) is 4.12. The summed E-state index contributed by atoms with van der Waals surface area (Å²) in [5.41, 5.74) is 5.57. The molecule has 3 N–H and O–H groups in total. The summed E-state index contributed by atoms with van der Waals surface area (Å²) in [4.78, 5) is 17.8. The highest BCUT2D eigenvalue weighted by Crippen LogP contribution is 2.06. The minimum atomic E-state index is 0.148. The maximum Gasteiger partial charge on any atom is 0.224 e. The highest BCUT2D eigenvalue weighted by Gasteiger charge is 2.15. The van der Waals surface area contributed by atoms with Gasteiger partial charge in [-0.3, -0.25) is 4.79 Å². The fourth-order valence-corrected chi connectivity index (χ4v) is 1.82. The number of ether oxygens (including phenoxy) is 1. The summed E-state index contributed by atoms with van der Waals surface area (Å²) in [6.45, 7) is 3.21. The number of nitrogen functional groups attached to an aromatic ring is 1. The van der Waals surface area contributed by atoms with Crippen molar-refractivity contribution in [3.05, 3.63) is 18.2 Å². The molecular weight excluding hydrogens is 232 g/mol. The molecule has 2 heterocycles. The van der Waals surface area contributed by atoms with E-state index in [1.807, 2.05) is 17.0 Å². The number of hydrogen-bond donors (Lipinski definition) is 2. The first-order valence-electron chi connectivity index (χ1n) is 6.07. The van der Waals surface area contributed by atoms with Gasteiger partial charge in [0.15, 0.2) is 0 Å². The van der Waals surface area contributed by atoms with Gasteiger partial charge in [0, 0.05) is 26.1 Å². The quantitative estimate of drug-likeness (QED) is 0.804. The number of carbonyl (C=O) groups excluding carboxylic acids is 1. The molecule has 0 spiro atoms. The van der Waals surface area contributed by atoms with E-state index in [-0.39, 0.29) is 5.91 Å². The number of rotatable bonds is 4. The maximum atomic E-state index is 11.8. The van der Waals surface area contributed by atoms with Crippen molar-refractivity contribution < 1.29 is 9.53 Å². The topological polar surface area (TPSA) is 80.5 Å². The largest absolute Gasteiger partial charge is 0.384 e. The Morgan fingerprint density at radius 2 is 2.22 bits per heavy atom. The van der Waals surface area contributed by atoms with Gasteiger partial charge < -0.3 is 20.7 Å². The van der Waals surface area contributed by atoms with E-state index in [2.05, 4.69) is 10.3 Å². The second-order valence-corrected chi connectivity index (χ2v) is 4.12. The van der Waals surface area contributed by atoms with E-state index in [0.29, 0.717) is 50.9 Å². The van der Waals surface area contributed by atoms with E-state index >= 15 is 0 Å². The van der Waals surface area contributed by atoms with Gasteiger partial charge in [-0.1, -0.05) is 6.07 Å². The third-order valence-electron chi connectivity index (χ3n) is 2.78. The molecule has 6 heteroatoms. The molecular formula is C12H18N4O2. The van der Waals surface area contributed by atoms with Gasteiger partial charge in [0.05, 0.1) is 13.2 Å². The van der Waals surface area contributed by atoms with E-state index in [1.165, 1.54) is 0 Å². The zero-order chi connectivity index (χ0) is 12.8.